The molecule has 0 bridgehead atoms. The van der Waals surface area contributed by atoms with Crippen molar-refractivity contribution in [3.8, 4) is 11.1 Å². The number of nitrogen functional groups attached to an aromatic ring is 1. The second-order valence-corrected chi connectivity index (χ2v) is 6.88. The van der Waals surface area contributed by atoms with Crippen LogP contribution in [0.25, 0.3) is 21.3 Å². The van der Waals surface area contributed by atoms with Gasteiger partial charge in [0.1, 0.15) is 15.5 Å². The van der Waals surface area contributed by atoms with Crippen molar-refractivity contribution in [2.75, 3.05) is 36.9 Å². The van der Waals surface area contributed by atoms with Crippen molar-refractivity contribution in [1.29, 1.82) is 0 Å². The number of pyridine rings is 1. The van der Waals surface area contributed by atoms with Gasteiger partial charge < -0.3 is 21.1 Å². The first-order chi connectivity index (χ1) is 12.1. The molecule has 0 unspecified atom stereocenters. The SMILES string of the molecule is NC(=O)c1sc2nc(N3CCOCC3)cc(-c3ccccc3)c2c1N. The van der Waals surface area contributed by atoms with Crippen molar-refractivity contribution in [3.63, 3.8) is 0 Å². The zero-order valence-electron chi connectivity index (χ0n) is 13.6. The van der Waals surface area contributed by atoms with Crippen molar-refractivity contribution >= 4 is 39.0 Å². The Morgan fingerprint density at radius 2 is 1.92 bits per heavy atom. The lowest BCUT2D eigenvalue weighted by Gasteiger charge is -2.28. The molecule has 4 rings (SSSR count). The van der Waals surface area contributed by atoms with E-state index in [1.807, 2.05) is 36.4 Å². The first-order valence-electron chi connectivity index (χ1n) is 8.06. The van der Waals surface area contributed by atoms with Crippen molar-refractivity contribution in [3.05, 3.63) is 41.3 Å². The third-order valence-corrected chi connectivity index (χ3v) is 5.44. The summed E-state index contributed by atoms with van der Waals surface area (Å²) >= 11 is 1.25. The summed E-state index contributed by atoms with van der Waals surface area (Å²) < 4.78 is 5.43. The van der Waals surface area contributed by atoms with E-state index < -0.39 is 5.91 Å². The van der Waals surface area contributed by atoms with E-state index in [-0.39, 0.29) is 0 Å². The molecule has 128 valence electrons. The fourth-order valence-electron chi connectivity index (χ4n) is 3.09. The molecule has 0 aliphatic carbocycles. The Bertz CT molecular complexity index is 933. The Hall–Kier alpha value is -2.64. The Kier molecular flexibility index (Phi) is 4.03. The number of ether oxygens (including phenoxy) is 1. The van der Waals surface area contributed by atoms with Crippen molar-refractivity contribution in [2.45, 2.75) is 0 Å². The zero-order valence-corrected chi connectivity index (χ0v) is 14.4. The van der Waals surface area contributed by atoms with E-state index in [9.17, 15) is 4.79 Å². The van der Waals surface area contributed by atoms with Crippen LogP contribution >= 0.6 is 11.3 Å². The van der Waals surface area contributed by atoms with E-state index in [1.54, 1.807) is 0 Å². The van der Waals surface area contributed by atoms with Gasteiger partial charge in [-0.2, -0.15) is 0 Å². The molecule has 2 aromatic heterocycles. The number of thiophene rings is 1. The average molecular weight is 354 g/mol. The second kappa shape index (κ2) is 6.34. The summed E-state index contributed by atoms with van der Waals surface area (Å²) in [6.45, 7) is 2.94. The van der Waals surface area contributed by atoms with E-state index in [2.05, 4.69) is 4.90 Å². The number of hydrogen-bond donors (Lipinski definition) is 2. The smallest absolute Gasteiger partial charge is 0.260 e. The molecule has 1 saturated heterocycles. The van der Waals surface area contributed by atoms with Crippen LogP contribution in [-0.4, -0.2) is 37.2 Å². The molecule has 25 heavy (non-hydrogen) atoms. The van der Waals surface area contributed by atoms with Gasteiger partial charge in [0.15, 0.2) is 0 Å². The Morgan fingerprint density at radius 3 is 2.60 bits per heavy atom. The number of nitrogens with zero attached hydrogens (tertiary/aromatic N) is 2. The molecule has 3 aromatic rings. The van der Waals surface area contributed by atoms with E-state index in [1.165, 1.54) is 11.3 Å². The molecular formula is C18H18N4O2S. The van der Waals surface area contributed by atoms with Gasteiger partial charge >= 0.3 is 0 Å². The van der Waals surface area contributed by atoms with Gasteiger partial charge in [-0.15, -0.1) is 11.3 Å². The number of hydrogen-bond acceptors (Lipinski definition) is 6. The topological polar surface area (TPSA) is 94.5 Å². The number of carbonyl (C=O) groups is 1. The molecule has 1 aliphatic rings. The van der Waals surface area contributed by atoms with Crippen LogP contribution in [0.2, 0.25) is 0 Å². The highest BCUT2D eigenvalue weighted by Gasteiger charge is 2.22. The van der Waals surface area contributed by atoms with Crippen LogP contribution in [0.3, 0.4) is 0 Å². The predicted octanol–water partition coefficient (Wildman–Crippen LogP) is 2.48. The third kappa shape index (κ3) is 2.81. The summed E-state index contributed by atoms with van der Waals surface area (Å²) in [5.74, 6) is 0.347. The van der Waals surface area contributed by atoms with Gasteiger partial charge in [0.05, 0.1) is 18.9 Å². The number of anilines is 2. The standard InChI is InChI=1S/C18H18N4O2S/c19-15-14-12(11-4-2-1-3-5-11)10-13(22-6-8-24-9-7-22)21-18(14)25-16(15)17(20)23/h1-5,10H,6-9,19H2,(H2,20,23). The largest absolute Gasteiger partial charge is 0.397 e. The second-order valence-electron chi connectivity index (χ2n) is 5.88. The number of aromatic nitrogens is 1. The molecule has 1 aromatic carbocycles. The van der Waals surface area contributed by atoms with Crippen molar-refractivity contribution < 1.29 is 9.53 Å². The highest BCUT2D eigenvalue weighted by Crippen LogP contribution is 2.41. The summed E-state index contributed by atoms with van der Waals surface area (Å²) in [5.41, 5.74) is 14.1. The number of morpholine rings is 1. The third-order valence-electron chi connectivity index (χ3n) is 4.33. The van der Waals surface area contributed by atoms with Gasteiger partial charge in [0.2, 0.25) is 0 Å². The van der Waals surface area contributed by atoms with Gasteiger partial charge in [-0.1, -0.05) is 30.3 Å². The first-order valence-corrected chi connectivity index (χ1v) is 8.87. The van der Waals surface area contributed by atoms with Crippen LogP contribution < -0.4 is 16.4 Å². The van der Waals surface area contributed by atoms with Gasteiger partial charge in [0.25, 0.3) is 5.91 Å². The van der Waals surface area contributed by atoms with Gasteiger partial charge in [-0.25, -0.2) is 4.98 Å². The summed E-state index contributed by atoms with van der Waals surface area (Å²) in [6.07, 6.45) is 0. The molecule has 1 amide bonds. The maximum absolute atomic E-state index is 11.7. The summed E-state index contributed by atoms with van der Waals surface area (Å²) in [6, 6.07) is 12.0. The molecule has 1 aliphatic heterocycles. The van der Waals surface area contributed by atoms with E-state index in [0.29, 0.717) is 23.8 Å². The van der Waals surface area contributed by atoms with E-state index >= 15 is 0 Å². The Labute approximate surface area is 149 Å². The molecule has 0 radical (unpaired) electrons. The minimum Gasteiger partial charge on any atom is -0.397 e. The average Bonchev–Trinajstić information content (AvgIpc) is 2.99. The number of nitrogens with two attached hydrogens (primary N) is 2. The van der Waals surface area contributed by atoms with Crippen molar-refractivity contribution in [2.24, 2.45) is 5.73 Å². The summed E-state index contributed by atoms with van der Waals surface area (Å²) in [7, 11) is 0. The van der Waals surface area contributed by atoms with Crippen LogP contribution in [0.15, 0.2) is 36.4 Å². The lowest BCUT2D eigenvalue weighted by molar-refractivity contribution is 0.100. The molecule has 7 heteroatoms. The Morgan fingerprint density at radius 1 is 1.20 bits per heavy atom. The number of amides is 1. The molecule has 3 heterocycles. The molecule has 6 nitrogen and oxygen atoms in total. The Balaban J connectivity index is 1.96. The minimum atomic E-state index is -0.521. The lowest BCUT2D eigenvalue weighted by atomic mass is 10.0. The minimum absolute atomic E-state index is 0.360. The van der Waals surface area contributed by atoms with E-state index in [0.717, 1.165) is 40.3 Å². The maximum atomic E-state index is 11.7. The highest BCUT2D eigenvalue weighted by atomic mass is 32.1. The fraction of sp³-hybridized carbons (Fsp3) is 0.222. The van der Waals surface area contributed by atoms with Crippen LogP contribution in [0.4, 0.5) is 11.5 Å². The highest BCUT2D eigenvalue weighted by molar-refractivity contribution is 7.21. The molecule has 0 spiro atoms. The normalized spacial score (nSPS) is 14.8. The molecule has 4 N–H and O–H groups in total. The van der Waals surface area contributed by atoms with Gasteiger partial charge in [-0.3, -0.25) is 4.79 Å². The molecule has 0 saturated carbocycles. The molecule has 0 atom stereocenters. The van der Waals surface area contributed by atoms with Gasteiger partial charge in [0, 0.05) is 18.5 Å². The lowest BCUT2D eigenvalue weighted by Crippen LogP contribution is -2.36. The van der Waals surface area contributed by atoms with Gasteiger partial charge in [-0.05, 0) is 17.2 Å². The number of fused-ring (bicyclic) bond motifs is 1. The number of carbonyl (C=O) groups excluding carboxylic acids is 1. The summed E-state index contributed by atoms with van der Waals surface area (Å²) in [4.78, 5) is 19.8. The van der Waals surface area contributed by atoms with Crippen LogP contribution in [0.1, 0.15) is 9.67 Å². The zero-order chi connectivity index (χ0) is 17.4. The van der Waals surface area contributed by atoms with Crippen molar-refractivity contribution in [1.82, 2.24) is 4.98 Å². The monoisotopic (exact) mass is 354 g/mol. The summed E-state index contributed by atoms with van der Waals surface area (Å²) in [5, 5.41) is 0.794. The fourth-order valence-corrected chi connectivity index (χ4v) is 4.06. The number of rotatable bonds is 3. The first kappa shape index (κ1) is 15.9. The maximum Gasteiger partial charge on any atom is 0.260 e. The van der Waals surface area contributed by atoms with Crippen LogP contribution in [0.5, 0.6) is 0 Å². The van der Waals surface area contributed by atoms with Crippen LogP contribution in [-0.2, 0) is 4.74 Å². The number of benzene rings is 1. The van der Waals surface area contributed by atoms with Crippen LogP contribution in [0, 0.1) is 0 Å². The molecular weight excluding hydrogens is 336 g/mol. The number of primary amides is 1. The molecule has 1 fully saturated rings. The predicted molar refractivity (Wildman–Crippen MR) is 101 cm³/mol. The quantitative estimate of drug-likeness (QED) is 0.753. The van der Waals surface area contributed by atoms with E-state index in [4.69, 9.17) is 21.2 Å².